The topological polar surface area (TPSA) is 18.5 Å². The highest BCUT2D eigenvalue weighted by atomic mass is 79.9. The SMILES string of the molecule is COc1c(Br)cc(Cl)cc1C(Cl)C1CCCCO1. The molecular weight excluding hydrogens is 339 g/mol. The zero-order valence-corrected chi connectivity index (χ0v) is 13.2. The first kappa shape index (κ1) is 14.4. The summed E-state index contributed by atoms with van der Waals surface area (Å²) in [4.78, 5) is 0. The van der Waals surface area contributed by atoms with Crippen molar-refractivity contribution in [2.45, 2.75) is 30.7 Å². The molecule has 2 nitrogen and oxygen atoms in total. The standard InChI is InChI=1S/C13H15BrCl2O2/c1-17-13-9(6-8(15)7-10(13)14)12(16)11-4-2-3-5-18-11/h6-7,11-12H,2-5H2,1H3. The number of hydrogen-bond acceptors (Lipinski definition) is 2. The molecule has 1 aliphatic heterocycles. The van der Waals surface area contributed by atoms with Crippen LogP contribution in [0.5, 0.6) is 5.75 Å². The highest BCUT2D eigenvalue weighted by molar-refractivity contribution is 9.10. The van der Waals surface area contributed by atoms with Crippen LogP contribution in [0, 0.1) is 0 Å². The smallest absolute Gasteiger partial charge is 0.137 e. The van der Waals surface area contributed by atoms with Crippen LogP contribution in [0.4, 0.5) is 0 Å². The van der Waals surface area contributed by atoms with E-state index in [4.69, 9.17) is 32.7 Å². The molecule has 2 unspecified atom stereocenters. The van der Waals surface area contributed by atoms with Crippen molar-refractivity contribution in [1.82, 2.24) is 0 Å². The van der Waals surface area contributed by atoms with Gasteiger partial charge in [0.1, 0.15) is 5.75 Å². The lowest BCUT2D eigenvalue weighted by Crippen LogP contribution is -2.24. The van der Waals surface area contributed by atoms with Gasteiger partial charge in [-0.3, -0.25) is 0 Å². The van der Waals surface area contributed by atoms with Gasteiger partial charge in [-0.1, -0.05) is 11.6 Å². The summed E-state index contributed by atoms with van der Waals surface area (Å²) >= 11 is 16.0. The van der Waals surface area contributed by atoms with Crippen LogP contribution in [0.15, 0.2) is 16.6 Å². The number of ether oxygens (including phenoxy) is 2. The Balaban J connectivity index is 2.30. The molecule has 5 heteroatoms. The van der Waals surface area contributed by atoms with Crippen LogP contribution in [-0.4, -0.2) is 19.8 Å². The highest BCUT2D eigenvalue weighted by Gasteiger charge is 2.27. The third kappa shape index (κ3) is 3.13. The molecule has 0 N–H and O–H groups in total. The lowest BCUT2D eigenvalue weighted by Gasteiger charge is -2.28. The van der Waals surface area contributed by atoms with E-state index in [1.165, 1.54) is 0 Å². The Morgan fingerprint density at radius 1 is 1.44 bits per heavy atom. The summed E-state index contributed by atoms with van der Waals surface area (Å²) in [5.41, 5.74) is 0.880. The van der Waals surface area contributed by atoms with E-state index >= 15 is 0 Å². The van der Waals surface area contributed by atoms with Crippen molar-refractivity contribution < 1.29 is 9.47 Å². The van der Waals surface area contributed by atoms with Gasteiger partial charge in [-0.25, -0.2) is 0 Å². The van der Waals surface area contributed by atoms with Gasteiger partial charge in [-0.05, 0) is 47.3 Å². The van der Waals surface area contributed by atoms with Gasteiger partial charge >= 0.3 is 0 Å². The Morgan fingerprint density at radius 3 is 2.83 bits per heavy atom. The Morgan fingerprint density at radius 2 is 2.22 bits per heavy atom. The van der Waals surface area contributed by atoms with Gasteiger partial charge in [0.05, 0.1) is 23.1 Å². The van der Waals surface area contributed by atoms with Crippen molar-refractivity contribution in [3.63, 3.8) is 0 Å². The van der Waals surface area contributed by atoms with Gasteiger partial charge in [0.15, 0.2) is 0 Å². The molecule has 0 spiro atoms. The van der Waals surface area contributed by atoms with Crippen molar-refractivity contribution in [2.24, 2.45) is 0 Å². The molecule has 1 aromatic carbocycles. The summed E-state index contributed by atoms with van der Waals surface area (Å²) in [7, 11) is 1.63. The van der Waals surface area contributed by atoms with Crippen molar-refractivity contribution in [1.29, 1.82) is 0 Å². The van der Waals surface area contributed by atoms with Crippen LogP contribution in [0.25, 0.3) is 0 Å². The second-order valence-electron chi connectivity index (χ2n) is 4.32. The fourth-order valence-corrected chi connectivity index (χ4v) is 3.55. The molecule has 1 heterocycles. The maximum Gasteiger partial charge on any atom is 0.137 e. The van der Waals surface area contributed by atoms with Gasteiger partial charge in [-0.15, -0.1) is 11.6 Å². The second kappa shape index (κ2) is 6.47. The first-order valence-electron chi connectivity index (χ1n) is 5.92. The Kier molecular flexibility index (Phi) is 5.19. The second-order valence-corrected chi connectivity index (χ2v) is 6.08. The molecule has 18 heavy (non-hydrogen) atoms. The predicted octanol–water partition coefficient (Wildman–Crippen LogP) is 4.96. The van der Waals surface area contributed by atoms with Crippen LogP contribution in [0.3, 0.4) is 0 Å². The number of methoxy groups -OCH3 is 1. The molecular formula is C13H15BrCl2O2. The van der Waals surface area contributed by atoms with Crippen molar-refractivity contribution in [2.75, 3.05) is 13.7 Å². The maximum absolute atomic E-state index is 6.53. The number of halogens is 3. The summed E-state index contributed by atoms with van der Waals surface area (Å²) in [6.07, 6.45) is 3.26. The minimum absolute atomic E-state index is 0.0275. The van der Waals surface area contributed by atoms with E-state index in [-0.39, 0.29) is 11.5 Å². The maximum atomic E-state index is 6.53. The van der Waals surface area contributed by atoms with Crippen LogP contribution in [0.1, 0.15) is 30.2 Å². The molecule has 0 bridgehead atoms. The summed E-state index contributed by atoms with van der Waals surface area (Å²) in [6, 6.07) is 3.65. The summed E-state index contributed by atoms with van der Waals surface area (Å²) in [5, 5.41) is 0.398. The molecule has 0 radical (unpaired) electrons. The highest BCUT2D eigenvalue weighted by Crippen LogP contribution is 2.41. The molecule has 2 rings (SSSR count). The lowest BCUT2D eigenvalue weighted by molar-refractivity contribution is 0.0132. The van der Waals surface area contributed by atoms with Crippen LogP contribution in [-0.2, 0) is 4.74 Å². The number of rotatable bonds is 3. The monoisotopic (exact) mass is 352 g/mol. The van der Waals surface area contributed by atoms with Gasteiger partial charge in [0.25, 0.3) is 0 Å². The van der Waals surface area contributed by atoms with Gasteiger partial charge in [-0.2, -0.15) is 0 Å². The van der Waals surface area contributed by atoms with Gasteiger partial charge < -0.3 is 9.47 Å². The van der Waals surface area contributed by atoms with E-state index in [1.54, 1.807) is 13.2 Å². The molecule has 0 aliphatic carbocycles. The molecule has 0 saturated carbocycles. The van der Waals surface area contributed by atoms with Crippen molar-refractivity contribution >= 4 is 39.1 Å². The van der Waals surface area contributed by atoms with Gasteiger partial charge in [0.2, 0.25) is 0 Å². The van der Waals surface area contributed by atoms with E-state index < -0.39 is 0 Å². The average Bonchev–Trinajstić information content (AvgIpc) is 2.38. The predicted molar refractivity (Wildman–Crippen MR) is 77.9 cm³/mol. The Labute approximate surface area is 126 Å². The Bertz CT molecular complexity index is 420. The van der Waals surface area contributed by atoms with E-state index in [0.717, 1.165) is 41.7 Å². The van der Waals surface area contributed by atoms with Crippen LogP contribution >= 0.6 is 39.1 Å². The van der Waals surface area contributed by atoms with E-state index in [9.17, 15) is 0 Å². The number of benzene rings is 1. The van der Waals surface area contributed by atoms with E-state index in [1.807, 2.05) is 6.07 Å². The zero-order valence-electron chi connectivity index (χ0n) is 10.1. The molecule has 0 amide bonds. The minimum atomic E-state index is -0.241. The van der Waals surface area contributed by atoms with E-state index in [2.05, 4.69) is 15.9 Å². The third-order valence-corrected chi connectivity index (χ3v) is 4.40. The van der Waals surface area contributed by atoms with Crippen LogP contribution < -0.4 is 4.74 Å². The van der Waals surface area contributed by atoms with Crippen molar-refractivity contribution in [3.8, 4) is 5.75 Å². The first-order chi connectivity index (χ1) is 8.63. The molecule has 1 saturated heterocycles. The molecule has 100 valence electrons. The van der Waals surface area contributed by atoms with Gasteiger partial charge in [0, 0.05) is 17.2 Å². The summed E-state index contributed by atoms with van der Waals surface area (Å²) < 4.78 is 11.9. The number of hydrogen-bond donors (Lipinski definition) is 0. The summed E-state index contributed by atoms with van der Waals surface area (Å²) in [6.45, 7) is 0.776. The minimum Gasteiger partial charge on any atom is -0.495 e. The quantitative estimate of drug-likeness (QED) is 0.715. The molecule has 0 aromatic heterocycles. The lowest BCUT2D eigenvalue weighted by atomic mass is 10.00. The van der Waals surface area contributed by atoms with E-state index in [0.29, 0.717) is 5.02 Å². The fraction of sp³-hybridized carbons (Fsp3) is 0.538. The zero-order chi connectivity index (χ0) is 13.1. The van der Waals surface area contributed by atoms with Crippen molar-refractivity contribution in [3.05, 3.63) is 27.2 Å². The first-order valence-corrected chi connectivity index (χ1v) is 7.53. The number of alkyl halides is 1. The summed E-state index contributed by atoms with van der Waals surface area (Å²) in [5.74, 6) is 0.730. The molecule has 2 atom stereocenters. The Hall–Kier alpha value is 0.0400. The van der Waals surface area contributed by atoms with Crippen LogP contribution in [0.2, 0.25) is 5.02 Å². The molecule has 1 fully saturated rings. The largest absolute Gasteiger partial charge is 0.495 e. The fourth-order valence-electron chi connectivity index (χ4n) is 2.20. The molecule has 1 aliphatic rings. The average molecular weight is 354 g/mol. The molecule has 1 aromatic rings. The third-order valence-electron chi connectivity index (χ3n) is 3.08. The normalized spacial score (nSPS) is 21.7.